The number of nitro groups is 1. The van der Waals surface area contributed by atoms with E-state index in [0.717, 1.165) is 6.42 Å². The maximum Gasteiger partial charge on any atom is 0.281 e. The van der Waals surface area contributed by atoms with Gasteiger partial charge in [-0.2, -0.15) is 5.10 Å². The first-order valence-corrected chi connectivity index (χ1v) is 5.93. The lowest BCUT2D eigenvalue weighted by molar-refractivity contribution is -0.383. The van der Waals surface area contributed by atoms with Gasteiger partial charge in [0.2, 0.25) is 0 Å². The summed E-state index contributed by atoms with van der Waals surface area (Å²) in [5.41, 5.74) is 0.736. The molecule has 1 aromatic carbocycles. The summed E-state index contributed by atoms with van der Waals surface area (Å²) in [6.45, 7) is 2.48. The lowest BCUT2D eigenvalue weighted by Gasteiger charge is -2.04. The number of hydrogen-bond acceptors (Lipinski definition) is 4. The quantitative estimate of drug-likeness (QED) is 0.669. The molecule has 0 unspecified atom stereocenters. The van der Waals surface area contributed by atoms with Crippen LogP contribution in [0.2, 0.25) is 0 Å². The summed E-state index contributed by atoms with van der Waals surface area (Å²) in [6, 6.07) is 2.90. The highest BCUT2D eigenvalue weighted by atomic mass is 16.6. The fourth-order valence-electron chi connectivity index (χ4n) is 1.85. The monoisotopic (exact) mass is 262 g/mol. The Hall–Kier alpha value is -2.44. The van der Waals surface area contributed by atoms with Crippen LogP contribution in [0.1, 0.15) is 23.7 Å². The maximum absolute atomic E-state index is 11.9. The van der Waals surface area contributed by atoms with Crippen molar-refractivity contribution in [2.45, 2.75) is 13.3 Å². The predicted octanol–water partition coefficient (Wildman–Crippen LogP) is 1.62. The van der Waals surface area contributed by atoms with E-state index >= 15 is 0 Å². The lowest BCUT2D eigenvalue weighted by Crippen LogP contribution is -2.24. The Morgan fingerprint density at radius 3 is 2.89 bits per heavy atom. The number of hydrogen-bond donors (Lipinski definition) is 1. The summed E-state index contributed by atoms with van der Waals surface area (Å²) in [5.74, 6) is -0.312. The molecule has 0 radical (unpaired) electrons. The predicted molar refractivity (Wildman–Crippen MR) is 70.0 cm³/mol. The van der Waals surface area contributed by atoms with Crippen LogP contribution in [0.5, 0.6) is 0 Å². The van der Waals surface area contributed by atoms with Gasteiger partial charge in [-0.15, -0.1) is 0 Å². The smallest absolute Gasteiger partial charge is 0.281 e. The third-order valence-corrected chi connectivity index (χ3v) is 2.84. The molecule has 100 valence electrons. The summed E-state index contributed by atoms with van der Waals surface area (Å²) in [7, 11) is 1.68. The van der Waals surface area contributed by atoms with Gasteiger partial charge in [-0.1, -0.05) is 6.92 Å². The minimum atomic E-state index is -0.499. The zero-order valence-electron chi connectivity index (χ0n) is 10.7. The van der Waals surface area contributed by atoms with Gasteiger partial charge < -0.3 is 5.32 Å². The average molecular weight is 262 g/mol. The molecule has 0 spiro atoms. The zero-order chi connectivity index (χ0) is 14.0. The number of amides is 1. The second kappa shape index (κ2) is 5.05. The molecule has 1 aromatic heterocycles. The lowest BCUT2D eigenvalue weighted by atomic mass is 10.1. The number of nitrogens with one attached hydrogen (secondary N) is 1. The number of benzene rings is 1. The van der Waals surface area contributed by atoms with E-state index < -0.39 is 4.92 Å². The van der Waals surface area contributed by atoms with E-state index in [4.69, 9.17) is 0 Å². The van der Waals surface area contributed by atoms with Crippen LogP contribution in [0.4, 0.5) is 5.69 Å². The first kappa shape index (κ1) is 13.0. The molecule has 7 heteroatoms. The molecule has 0 atom stereocenters. The van der Waals surface area contributed by atoms with Crippen LogP contribution in [0.15, 0.2) is 18.3 Å². The summed E-state index contributed by atoms with van der Waals surface area (Å²) in [6.07, 6.45) is 2.24. The second-order valence-corrected chi connectivity index (χ2v) is 4.21. The number of aromatic nitrogens is 2. The molecule has 19 heavy (non-hydrogen) atoms. The van der Waals surface area contributed by atoms with E-state index in [1.54, 1.807) is 13.1 Å². The topological polar surface area (TPSA) is 90.1 Å². The minimum absolute atomic E-state index is 0.104. The maximum atomic E-state index is 11.9. The van der Waals surface area contributed by atoms with Crippen LogP contribution in [0.25, 0.3) is 10.9 Å². The summed E-state index contributed by atoms with van der Waals surface area (Å²) >= 11 is 0. The average Bonchev–Trinajstić information content (AvgIpc) is 2.76. The van der Waals surface area contributed by atoms with E-state index in [9.17, 15) is 14.9 Å². The van der Waals surface area contributed by atoms with Gasteiger partial charge in [-0.25, -0.2) is 0 Å². The molecule has 0 fully saturated rings. The number of nitro benzene ring substituents is 1. The third-order valence-electron chi connectivity index (χ3n) is 2.84. The molecule has 0 aliphatic heterocycles. The number of nitrogens with zero attached hydrogens (tertiary/aromatic N) is 3. The number of fused-ring (bicyclic) bond motifs is 1. The number of aryl methyl sites for hydroxylation is 1. The molecule has 0 aliphatic carbocycles. The Bertz CT molecular complexity index is 648. The molecule has 2 rings (SSSR count). The molecule has 7 nitrogen and oxygen atoms in total. The Kier molecular flexibility index (Phi) is 3.46. The van der Waals surface area contributed by atoms with Gasteiger partial charge in [0.15, 0.2) is 0 Å². The summed E-state index contributed by atoms with van der Waals surface area (Å²) in [5, 5.41) is 18.2. The van der Waals surface area contributed by atoms with Crippen molar-refractivity contribution >= 4 is 22.5 Å². The zero-order valence-corrected chi connectivity index (χ0v) is 10.7. The number of carbonyl (C=O) groups excluding carboxylic acids is 1. The molecule has 0 bridgehead atoms. The molecule has 0 aliphatic rings. The molecule has 0 saturated heterocycles. The Labute approximate surface area is 109 Å². The number of rotatable bonds is 4. The highest BCUT2D eigenvalue weighted by Crippen LogP contribution is 2.26. The van der Waals surface area contributed by atoms with Gasteiger partial charge >= 0.3 is 0 Å². The SMILES string of the molecule is CCCNC(=O)c1cc([N+](=O)[O-])c2cnn(C)c2c1. The van der Waals surface area contributed by atoms with Gasteiger partial charge in [0.1, 0.15) is 0 Å². The van der Waals surface area contributed by atoms with Gasteiger partial charge in [0.25, 0.3) is 11.6 Å². The molecule has 1 heterocycles. The summed E-state index contributed by atoms with van der Waals surface area (Å²) in [4.78, 5) is 22.4. The number of non-ortho nitro benzene ring substituents is 1. The van der Waals surface area contributed by atoms with Crippen LogP contribution < -0.4 is 5.32 Å². The highest BCUT2D eigenvalue weighted by molar-refractivity contribution is 6.00. The van der Waals surface area contributed by atoms with Gasteiger partial charge in [-0.05, 0) is 12.5 Å². The first-order chi connectivity index (χ1) is 9.04. The van der Waals surface area contributed by atoms with Crippen molar-refractivity contribution in [2.24, 2.45) is 7.05 Å². The Morgan fingerprint density at radius 2 is 2.26 bits per heavy atom. The normalized spacial score (nSPS) is 10.6. The van der Waals surface area contributed by atoms with E-state index in [1.165, 1.54) is 16.9 Å². The molecular formula is C12H14N4O3. The van der Waals surface area contributed by atoms with Crippen molar-refractivity contribution < 1.29 is 9.72 Å². The third kappa shape index (κ3) is 2.40. The van der Waals surface area contributed by atoms with Crippen molar-refractivity contribution in [1.82, 2.24) is 15.1 Å². The second-order valence-electron chi connectivity index (χ2n) is 4.21. The highest BCUT2D eigenvalue weighted by Gasteiger charge is 2.19. The first-order valence-electron chi connectivity index (χ1n) is 5.93. The van der Waals surface area contributed by atoms with Gasteiger partial charge in [-0.3, -0.25) is 19.6 Å². The van der Waals surface area contributed by atoms with Crippen molar-refractivity contribution in [3.63, 3.8) is 0 Å². The number of carbonyl (C=O) groups is 1. The van der Waals surface area contributed by atoms with Gasteiger partial charge in [0.05, 0.1) is 22.0 Å². The van der Waals surface area contributed by atoms with E-state index in [0.29, 0.717) is 17.4 Å². The standard InChI is InChI=1S/C12H14N4O3/c1-3-4-13-12(17)8-5-10-9(7-14-15(10)2)11(6-8)16(18)19/h5-7H,3-4H2,1-2H3,(H,13,17). The van der Waals surface area contributed by atoms with E-state index in [1.807, 2.05) is 6.92 Å². The molecule has 1 amide bonds. The minimum Gasteiger partial charge on any atom is -0.352 e. The molecular weight excluding hydrogens is 248 g/mol. The Morgan fingerprint density at radius 1 is 1.53 bits per heavy atom. The van der Waals surface area contributed by atoms with Crippen LogP contribution in [-0.2, 0) is 7.05 Å². The van der Waals surface area contributed by atoms with Crippen LogP contribution in [0, 0.1) is 10.1 Å². The van der Waals surface area contributed by atoms with E-state index in [-0.39, 0.29) is 17.2 Å². The largest absolute Gasteiger partial charge is 0.352 e. The van der Waals surface area contributed by atoms with Crippen LogP contribution >= 0.6 is 0 Å². The molecule has 2 aromatic rings. The van der Waals surface area contributed by atoms with E-state index in [2.05, 4.69) is 10.4 Å². The van der Waals surface area contributed by atoms with Crippen molar-refractivity contribution in [3.8, 4) is 0 Å². The summed E-state index contributed by atoms with van der Waals surface area (Å²) < 4.78 is 1.51. The van der Waals surface area contributed by atoms with Crippen molar-refractivity contribution in [1.29, 1.82) is 0 Å². The molecule has 0 saturated carbocycles. The van der Waals surface area contributed by atoms with Crippen LogP contribution in [0.3, 0.4) is 0 Å². The fourth-order valence-corrected chi connectivity index (χ4v) is 1.85. The molecule has 1 N–H and O–H groups in total. The van der Waals surface area contributed by atoms with Gasteiger partial charge in [0, 0.05) is 25.2 Å². The van der Waals surface area contributed by atoms with Crippen molar-refractivity contribution in [2.75, 3.05) is 6.54 Å². The van der Waals surface area contributed by atoms with Crippen LogP contribution in [-0.4, -0.2) is 27.2 Å². The van der Waals surface area contributed by atoms with Crippen molar-refractivity contribution in [3.05, 3.63) is 34.0 Å². The fraction of sp³-hybridized carbons (Fsp3) is 0.333. The Balaban J connectivity index is 2.54.